The van der Waals surface area contributed by atoms with Gasteiger partial charge in [0.05, 0.1) is 13.2 Å². The molecule has 1 atom stereocenters. The number of alkyl halides is 3. The second kappa shape index (κ2) is 8.47. The topological polar surface area (TPSA) is 67.6 Å². The van der Waals surface area contributed by atoms with E-state index < -0.39 is 12.0 Å². The van der Waals surface area contributed by atoms with Crippen molar-refractivity contribution in [2.75, 3.05) is 32.1 Å². The molecule has 3 aromatic rings. The lowest BCUT2D eigenvalue weighted by Gasteiger charge is -2.35. The van der Waals surface area contributed by atoms with Crippen molar-refractivity contribution in [2.45, 2.75) is 31.5 Å². The van der Waals surface area contributed by atoms with Crippen molar-refractivity contribution in [1.82, 2.24) is 24.7 Å². The van der Waals surface area contributed by atoms with Gasteiger partial charge in [-0.1, -0.05) is 18.6 Å². The van der Waals surface area contributed by atoms with Gasteiger partial charge in [0.15, 0.2) is 5.65 Å². The molecule has 1 fully saturated rings. The molecule has 1 unspecified atom stereocenters. The Morgan fingerprint density at radius 1 is 1.03 bits per heavy atom. The molecule has 0 spiro atoms. The number of anilines is 1. The summed E-state index contributed by atoms with van der Waals surface area (Å²) in [5.41, 5.74) is 1.17. The van der Waals surface area contributed by atoms with Gasteiger partial charge in [0.1, 0.15) is 11.6 Å². The number of rotatable bonds is 6. The highest BCUT2D eigenvalue weighted by molar-refractivity contribution is 5.44. The van der Waals surface area contributed by atoms with Crippen LogP contribution < -0.4 is 10.1 Å². The number of hydrogen-bond acceptors (Lipinski definition) is 6. The number of benzene rings is 1. The van der Waals surface area contributed by atoms with Crippen LogP contribution in [-0.2, 0) is 6.18 Å². The molecule has 1 saturated heterocycles. The number of nitrogens with one attached hydrogen (secondary N) is 1. The first-order valence-corrected chi connectivity index (χ1v) is 9.87. The van der Waals surface area contributed by atoms with Gasteiger partial charge in [-0.15, -0.1) is 15.3 Å². The number of piperidine rings is 1. The molecular formula is C20H23F3N6O. The van der Waals surface area contributed by atoms with Crippen molar-refractivity contribution in [1.29, 1.82) is 0 Å². The standard InChI is InChI=1S/C20H23F3N6O/c1-30-15-7-5-14(6-8-15)16(28-11-3-2-4-12-28)13-24-17-9-10-18-25-26-19(20(21,22)23)29(18)27-17/h5-10,16H,2-4,11-13H2,1H3,(H,24,27). The van der Waals surface area contributed by atoms with Gasteiger partial charge in [-0.2, -0.15) is 17.7 Å². The van der Waals surface area contributed by atoms with E-state index in [1.165, 1.54) is 12.5 Å². The highest BCUT2D eigenvalue weighted by Gasteiger charge is 2.37. The van der Waals surface area contributed by atoms with Crippen molar-refractivity contribution in [3.8, 4) is 5.75 Å². The number of halogens is 3. The third-order valence-corrected chi connectivity index (χ3v) is 5.32. The zero-order valence-corrected chi connectivity index (χ0v) is 16.6. The summed E-state index contributed by atoms with van der Waals surface area (Å²) in [5, 5.41) is 14.0. The Morgan fingerprint density at radius 3 is 2.43 bits per heavy atom. The fourth-order valence-electron chi connectivity index (χ4n) is 3.78. The fourth-order valence-corrected chi connectivity index (χ4v) is 3.78. The number of methoxy groups -OCH3 is 1. The molecule has 30 heavy (non-hydrogen) atoms. The second-order valence-electron chi connectivity index (χ2n) is 7.28. The van der Waals surface area contributed by atoms with Crippen molar-refractivity contribution in [3.05, 3.63) is 47.8 Å². The lowest BCUT2D eigenvalue weighted by atomic mass is 10.0. The Kier molecular flexibility index (Phi) is 5.76. The van der Waals surface area contributed by atoms with Crippen LogP contribution in [0.5, 0.6) is 5.75 Å². The maximum absolute atomic E-state index is 13.1. The predicted molar refractivity (Wildman–Crippen MR) is 105 cm³/mol. The minimum absolute atomic E-state index is 0.0515. The highest BCUT2D eigenvalue weighted by Crippen LogP contribution is 2.29. The smallest absolute Gasteiger partial charge is 0.453 e. The van der Waals surface area contributed by atoms with E-state index in [9.17, 15) is 13.2 Å². The summed E-state index contributed by atoms with van der Waals surface area (Å²) in [4.78, 5) is 2.40. The number of nitrogens with zero attached hydrogens (tertiary/aromatic N) is 5. The number of aromatic nitrogens is 4. The molecule has 10 heteroatoms. The van der Waals surface area contributed by atoms with E-state index in [0.717, 1.165) is 41.8 Å². The van der Waals surface area contributed by atoms with Gasteiger partial charge in [-0.25, -0.2) is 0 Å². The quantitative estimate of drug-likeness (QED) is 0.655. The van der Waals surface area contributed by atoms with Crippen LogP contribution >= 0.6 is 0 Å². The molecule has 7 nitrogen and oxygen atoms in total. The van der Waals surface area contributed by atoms with Crippen LogP contribution in [0.25, 0.3) is 5.65 Å². The van der Waals surface area contributed by atoms with Crippen LogP contribution in [0.3, 0.4) is 0 Å². The van der Waals surface area contributed by atoms with Gasteiger partial charge in [0.25, 0.3) is 5.82 Å². The van der Waals surface area contributed by atoms with Crippen molar-refractivity contribution in [2.24, 2.45) is 0 Å². The van der Waals surface area contributed by atoms with E-state index in [4.69, 9.17) is 4.74 Å². The molecule has 0 bridgehead atoms. The summed E-state index contributed by atoms with van der Waals surface area (Å²) >= 11 is 0. The molecule has 2 aromatic heterocycles. The predicted octanol–water partition coefficient (Wildman–Crippen LogP) is 3.79. The molecule has 1 aromatic carbocycles. The SMILES string of the molecule is COc1ccc(C(CNc2ccc3nnc(C(F)(F)F)n3n2)N2CCCCC2)cc1. The molecule has 0 saturated carbocycles. The number of hydrogen-bond donors (Lipinski definition) is 1. The van der Waals surface area contributed by atoms with E-state index in [2.05, 4.69) is 25.5 Å². The number of likely N-dealkylation sites (tertiary alicyclic amines) is 1. The zero-order chi connectivity index (χ0) is 21.1. The molecule has 0 amide bonds. The lowest BCUT2D eigenvalue weighted by Crippen LogP contribution is -2.37. The summed E-state index contributed by atoms with van der Waals surface area (Å²) in [5.74, 6) is -0.0179. The molecule has 1 N–H and O–H groups in total. The van der Waals surface area contributed by atoms with Crippen LogP contribution in [-0.4, -0.2) is 51.5 Å². The minimum Gasteiger partial charge on any atom is -0.497 e. The van der Waals surface area contributed by atoms with Gasteiger partial charge in [0.2, 0.25) is 0 Å². The summed E-state index contributed by atoms with van der Waals surface area (Å²) in [7, 11) is 1.63. The second-order valence-corrected chi connectivity index (χ2v) is 7.28. The maximum atomic E-state index is 13.1. The zero-order valence-electron chi connectivity index (χ0n) is 16.6. The molecule has 0 radical (unpaired) electrons. The van der Waals surface area contributed by atoms with Crippen molar-refractivity contribution in [3.63, 3.8) is 0 Å². The van der Waals surface area contributed by atoms with E-state index in [1.807, 2.05) is 24.3 Å². The van der Waals surface area contributed by atoms with Gasteiger partial charge in [-0.05, 0) is 55.8 Å². The molecule has 4 rings (SSSR count). The van der Waals surface area contributed by atoms with Gasteiger partial charge in [0, 0.05) is 6.54 Å². The first-order chi connectivity index (χ1) is 14.5. The average Bonchev–Trinajstić information content (AvgIpc) is 3.19. The normalized spacial score (nSPS) is 16.5. The van der Waals surface area contributed by atoms with Crippen LogP contribution in [0.1, 0.15) is 36.7 Å². The molecule has 160 valence electrons. The molecular weight excluding hydrogens is 397 g/mol. The molecule has 0 aliphatic carbocycles. The van der Waals surface area contributed by atoms with E-state index in [-0.39, 0.29) is 11.7 Å². The third kappa shape index (κ3) is 4.33. The largest absolute Gasteiger partial charge is 0.497 e. The summed E-state index contributed by atoms with van der Waals surface area (Å²) < 4.78 is 45.3. The van der Waals surface area contributed by atoms with Crippen molar-refractivity contribution < 1.29 is 17.9 Å². The lowest BCUT2D eigenvalue weighted by molar-refractivity contribution is -0.146. The third-order valence-electron chi connectivity index (χ3n) is 5.32. The Balaban J connectivity index is 1.57. The Labute approximate surface area is 171 Å². The Hall–Kier alpha value is -2.88. The summed E-state index contributed by atoms with van der Waals surface area (Å²) in [6.07, 6.45) is -1.14. The Morgan fingerprint density at radius 2 is 1.77 bits per heavy atom. The van der Waals surface area contributed by atoms with Crippen LogP contribution in [0, 0.1) is 0 Å². The van der Waals surface area contributed by atoms with E-state index in [0.29, 0.717) is 12.4 Å². The summed E-state index contributed by atoms with van der Waals surface area (Å²) in [6, 6.07) is 11.0. The number of fused-ring (bicyclic) bond motifs is 1. The Bertz CT molecular complexity index is 982. The minimum atomic E-state index is -4.62. The highest BCUT2D eigenvalue weighted by atomic mass is 19.4. The maximum Gasteiger partial charge on any atom is 0.453 e. The van der Waals surface area contributed by atoms with E-state index in [1.54, 1.807) is 13.2 Å². The molecule has 3 heterocycles. The van der Waals surface area contributed by atoms with Gasteiger partial charge in [-0.3, -0.25) is 4.90 Å². The monoisotopic (exact) mass is 420 g/mol. The van der Waals surface area contributed by atoms with E-state index >= 15 is 0 Å². The fraction of sp³-hybridized carbons (Fsp3) is 0.450. The average molecular weight is 420 g/mol. The van der Waals surface area contributed by atoms with Gasteiger partial charge >= 0.3 is 6.18 Å². The van der Waals surface area contributed by atoms with Crippen LogP contribution in [0.4, 0.5) is 19.0 Å². The van der Waals surface area contributed by atoms with Crippen LogP contribution in [0.15, 0.2) is 36.4 Å². The van der Waals surface area contributed by atoms with Crippen LogP contribution in [0.2, 0.25) is 0 Å². The number of ether oxygens (including phenoxy) is 1. The first-order valence-electron chi connectivity index (χ1n) is 9.87. The van der Waals surface area contributed by atoms with Gasteiger partial charge < -0.3 is 10.1 Å². The summed E-state index contributed by atoms with van der Waals surface area (Å²) in [6.45, 7) is 2.47. The molecule has 1 aliphatic heterocycles. The molecule has 1 aliphatic rings. The first kappa shape index (κ1) is 20.4. The van der Waals surface area contributed by atoms with Crippen molar-refractivity contribution >= 4 is 11.5 Å².